The molecule has 4 rings (SSSR count). The molecule has 0 saturated heterocycles. The first-order chi connectivity index (χ1) is 14.4. The van der Waals surface area contributed by atoms with E-state index in [9.17, 15) is 9.50 Å². The number of imidazole rings is 1. The third kappa shape index (κ3) is 3.92. The molecule has 7 heteroatoms. The van der Waals surface area contributed by atoms with Crippen molar-refractivity contribution in [2.45, 2.75) is 6.10 Å². The van der Waals surface area contributed by atoms with Crippen molar-refractivity contribution in [2.24, 2.45) is 0 Å². The highest BCUT2D eigenvalue weighted by Gasteiger charge is 2.14. The Morgan fingerprint density at radius 2 is 1.93 bits per heavy atom. The Morgan fingerprint density at radius 1 is 1.13 bits per heavy atom. The van der Waals surface area contributed by atoms with Gasteiger partial charge in [-0.25, -0.2) is 9.37 Å². The third-order valence-electron chi connectivity index (χ3n) is 4.72. The molecule has 0 unspecified atom stereocenters. The maximum absolute atomic E-state index is 13.6. The summed E-state index contributed by atoms with van der Waals surface area (Å²) < 4.78 is 15.5. The smallest absolute Gasteiger partial charge is 0.141 e. The minimum absolute atomic E-state index is 0.0484. The molecule has 1 aromatic carbocycles. The second-order valence-corrected chi connectivity index (χ2v) is 7.51. The van der Waals surface area contributed by atoms with Gasteiger partial charge in [0.15, 0.2) is 0 Å². The highest BCUT2D eigenvalue weighted by molar-refractivity contribution is 6.31. The first-order valence-corrected chi connectivity index (χ1v) is 9.72. The molecule has 0 aliphatic heterocycles. The van der Waals surface area contributed by atoms with Crippen LogP contribution in [-0.4, -0.2) is 38.5 Å². The lowest BCUT2D eigenvalue weighted by atomic mass is 10.0. The van der Waals surface area contributed by atoms with Gasteiger partial charge in [-0.15, -0.1) is 0 Å². The van der Waals surface area contributed by atoms with Gasteiger partial charge in [-0.05, 0) is 48.7 Å². The van der Waals surface area contributed by atoms with Gasteiger partial charge in [0.05, 0.1) is 22.6 Å². The number of rotatable bonds is 5. The number of pyridine rings is 2. The molecule has 0 radical (unpaired) electrons. The largest absolute Gasteiger partial charge is 0.384 e. The van der Waals surface area contributed by atoms with Crippen LogP contribution in [0.3, 0.4) is 0 Å². The zero-order chi connectivity index (χ0) is 21.3. The van der Waals surface area contributed by atoms with Gasteiger partial charge in [-0.3, -0.25) is 4.98 Å². The highest BCUT2D eigenvalue weighted by Crippen LogP contribution is 2.32. The fourth-order valence-electron chi connectivity index (χ4n) is 3.24. The molecule has 1 atom stereocenters. The van der Waals surface area contributed by atoms with Gasteiger partial charge < -0.3 is 14.4 Å². The van der Waals surface area contributed by atoms with Gasteiger partial charge in [0.2, 0.25) is 0 Å². The van der Waals surface area contributed by atoms with Crippen molar-refractivity contribution in [1.82, 2.24) is 19.3 Å². The lowest BCUT2D eigenvalue weighted by Gasteiger charge is -2.12. The summed E-state index contributed by atoms with van der Waals surface area (Å²) in [4.78, 5) is 10.7. The van der Waals surface area contributed by atoms with E-state index in [1.165, 1.54) is 6.07 Å². The summed E-state index contributed by atoms with van der Waals surface area (Å²) in [5.41, 5.74) is 4.53. The Hall–Kier alpha value is -3.22. The third-order valence-corrected chi connectivity index (χ3v) is 5.01. The molecule has 0 spiro atoms. The number of aromatic nitrogens is 3. The summed E-state index contributed by atoms with van der Waals surface area (Å²) >= 11 is 5.98. The summed E-state index contributed by atoms with van der Waals surface area (Å²) in [5.74, 6) is -0.470. The molecule has 3 aromatic heterocycles. The Morgan fingerprint density at radius 3 is 2.70 bits per heavy atom. The van der Waals surface area contributed by atoms with Gasteiger partial charge in [0.25, 0.3) is 0 Å². The van der Waals surface area contributed by atoms with Crippen molar-refractivity contribution in [1.29, 1.82) is 0 Å². The fraction of sp³-hybridized carbons (Fsp3) is 0.130. The van der Waals surface area contributed by atoms with Crippen LogP contribution in [0.2, 0.25) is 5.02 Å². The Kier molecular flexibility index (Phi) is 5.53. The van der Waals surface area contributed by atoms with E-state index in [1.807, 2.05) is 53.9 Å². The van der Waals surface area contributed by atoms with Gasteiger partial charge >= 0.3 is 0 Å². The van der Waals surface area contributed by atoms with Crippen molar-refractivity contribution in [3.05, 3.63) is 89.9 Å². The Labute approximate surface area is 178 Å². The van der Waals surface area contributed by atoms with E-state index in [2.05, 4.69) is 9.97 Å². The molecule has 30 heavy (non-hydrogen) atoms. The topological polar surface area (TPSA) is 53.7 Å². The summed E-state index contributed by atoms with van der Waals surface area (Å²) in [5, 5.41) is 10.6. The predicted molar refractivity (Wildman–Crippen MR) is 117 cm³/mol. The number of halogens is 2. The fourth-order valence-corrected chi connectivity index (χ4v) is 3.42. The minimum Gasteiger partial charge on any atom is -0.384 e. The van der Waals surface area contributed by atoms with Crippen LogP contribution in [0.15, 0.2) is 73.3 Å². The van der Waals surface area contributed by atoms with E-state index in [1.54, 1.807) is 36.8 Å². The zero-order valence-corrected chi connectivity index (χ0v) is 17.3. The molecule has 3 heterocycles. The van der Waals surface area contributed by atoms with Crippen molar-refractivity contribution in [3.63, 3.8) is 0 Å². The van der Waals surface area contributed by atoms with E-state index in [4.69, 9.17) is 11.6 Å². The van der Waals surface area contributed by atoms with Crippen LogP contribution in [0.25, 0.3) is 28.0 Å². The normalized spacial score (nSPS) is 12.6. The zero-order valence-electron chi connectivity index (χ0n) is 16.5. The van der Waals surface area contributed by atoms with Crippen LogP contribution in [0, 0.1) is 5.82 Å². The molecule has 0 bridgehead atoms. The van der Waals surface area contributed by atoms with Crippen LogP contribution in [0.1, 0.15) is 11.8 Å². The van der Waals surface area contributed by atoms with Gasteiger partial charge in [-0.2, -0.15) is 0 Å². The summed E-state index contributed by atoms with van der Waals surface area (Å²) in [6, 6.07) is 12.2. The molecular formula is C23H20ClFN4O. The van der Waals surface area contributed by atoms with Crippen LogP contribution in [-0.2, 0) is 0 Å². The molecule has 0 fully saturated rings. The number of aliphatic hydroxyl groups is 1. The number of nitrogens with zero attached hydrogens (tertiary/aromatic N) is 4. The maximum atomic E-state index is 13.6. The molecule has 0 aliphatic carbocycles. The van der Waals surface area contributed by atoms with E-state index in [-0.39, 0.29) is 5.02 Å². The van der Waals surface area contributed by atoms with Crippen LogP contribution < -0.4 is 0 Å². The molecule has 5 nitrogen and oxygen atoms in total. The molecule has 0 saturated carbocycles. The molecule has 1 N–H and O–H groups in total. The summed E-state index contributed by atoms with van der Waals surface area (Å²) in [6.45, 7) is 0. The molecule has 0 aliphatic rings. The average molecular weight is 423 g/mol. The number of aliphatic hydroxyl groups excluding tert-OH is 1. The van der Waals surface area contributed by atoms with Crippen molar-refractivity contribution in [2.75, 3.05) is 14.1 Å². The highest BCUT2D eigenvalue weighted by atomic mass is 35.5. The quantitative estimate of drug-likeness (QED) is 0.493. The van der Waals surface area contributed by atoms with Gasteiger partial charge in [0, 0.05) is 43.2 Å². The first kappa shape index (κ1) is 20.1. The number of benzene rings is 1. The Balaban J connectivity index is 1.81. The van der Waals surface area contributed by atoms with Crippen molar-refractivity contribution in [3.8, 4) is 22.4 Å². The van der Waals surface area contributed by atoms with Crippen molar-refractivity contribution < 1.29 is 9.50 Å². The second-order valence-electron chi connectivity index (χ2n) is 7.11. The number of hydrogen-bond acceptors (Lipinski definition) is 4. The van der Waals surface area contributed by atoms with Crippen LogP contribution in [0.4, 0.5) is 4.39 Å². The maximum Gasteiger partial charge on any atom is 0.141 e. The standard InChI is InChI=1S/C23H20ClFN4O/c1-28(2)11-9-21(30)20-13-27-22-8-6-16(14-29(20)22)17-4-3-10-26-23(17)15-5-7-19(25)18(24)12-15/h3-14,21,30H,1-2H3/b11-9+/t21-/m1/s1. The molecular weight excluding hydrogens is 403 g/mol. The first-order valence-electron chi connectivity index (χ1n) is 9.34. The SMILES string of the molecule is CN(C)/C=C/[C@@H](O)c1cnc2ccc(-c3cccnc3-c3ccc(F)c(Cl)c3)cn12. The average Bonchev–Trinajstić information content (AvgIpc) is 3.17. The van der Waals surface area contributed by atoms with Crippen LogP contribution >= 0.6 is 11.6 Å². The van der Waals surface area contributed by atoms with Gasteiger partial charge in [0.1, 0.15) is 17.6 Å². The summed E-state index contributed by atoms with van der Waals surface area (Å²) in [6.07, 6.45) is 7.95. The Bertz CT molecular complexity index is 1240. The molecule has 4 aromatic rings. The van der Waals surface area contributed by atoms with E-state index in [0.717, 1.165) is 22.3 Å². The van der Waals surface area contributed by atoms with E-state index in [0.29, 0.717) is 11.4 Å². The molecule has 152 valence electrons. The lowest BCUT2D eigenvalue weighted by Crippen LogP contribution is -2.04. The van der Waals surface area contributed by atoms with Crippen molar-refractivity contribution >= 4 is 17.2 Å². The predicted octanol–water partition coefficient (Wildman–Crippen LogP) is 4.96. The van der Waals surface area contributed by atoms with Crippen LogP contribution in [0.5, 0.6) is 0 Å². The van der Waals surface area contributed by atoms with Gasteiger partial charge in [-0.1, -0.05) is 17.7 Å². The molecule has 0 amide bonds. The van der Waals surface area contributed by atoms with E-state index < -0.39 is 11.9 Å². The monoisotopic (exact) mass is 422 g/mol. The lowest BCUT2D eigenvalue weighted by molar-refractivity contribution is 0.221. The number of fused-ring (bicyclic) bond motifs is 1. The minimum atomic E-state index is -0.804. The van der Waals surface area contributed by atoms with E-state index >= 15 is 0 Å². The second kappa shape index (κ2) is 8.26. The summed E-state index contributed by atoms with van der Waals surface area (Å²) in [7, 11) is 3.78. The number of hydrogen-bond donors (Lipinski definition) is 1.